The molecule has 3 amide bonds. The molecule has 2 rings (SSSR count). The Bertz CT molecular complexity index is 706. The third kappa shape index (κ3) is 5.61. The van der Waals surface area contributed by atoms with E-state index in [0.29, 0.717) is 16.4 Å². The molecule has 0 saturated carbocycles. The SMILES string of the molecule is NC(=O)Nc1cccc(NC(=O)COCc2ccccc2Cl)c1. The Morgan fingerprint density at radius 1 is 1.04 bits per heavy atom. The number of amides is 3. The van der Waals surface area contributed by atoms with Gasteiger partial charge in [-0.3, -0.25) is 4.79 Å². The fraction of sp³-hybridized carbons (Fsp3) is 0.125. The monoisotopic (exact) mass is 333 g/mol. The van der Waals surface area contributed by atoms with E-state index >= 15 is 0 Å². The molecule has 4 N–H and O–H groups in total. The lowest BCUT2D eigenvalue weighted by Gasteiger charge is -2.09. The number of nitrogens with two attached hydrogens (primary N) is 1. The third-order valence-electron chi connectivity index (χ3n) is 2.86. The first-order chi connectivity index (χ1) is 11.0. The van der Waals surface area contributed by atoms with Crippen molar-refractivity contribution < 1.29 is 14.3 Å². The second-order valence-electron chi connectivity index (χ2n) is 4.70. The van der Waals surface area contributed by atoms with Crippen LogP contribution in [0.1, 0.15) is 5.56 Å². The maximum atomic E-state index is 11.8. The first-order valence-electron chi connectivity index (χ1n) is 6.82. The number of halogens is 1. The Morgan fingerprint density at radius 3 is 2.43 bits per heavy atom. The zero-order valence-corrected chi connectivity index (χ0v) is 13.0. The molecule has 0 radical (unpaired) electrons. The second kappa shape index (κ2) is 8.17. The minimum absolute atomic E-state index is 0.112. The molecule has 0 aliphatic carbocycles. The van der Waals surface area contributed by atoms with E-state index < -0.39 is 6.03 Å². The third-order valence-corrected chi connectivity index (χ3v) is 3.23. The molecule has 6 nitrogen and oxygen atoms in total. The van der Waals surface area contributed by atoms with Crippen LogP contribution in [0.15, 0.2) is 48.5 Å². The molecule has 0 atom stereocenters. The Labute approximate surface area is 138 Å². The van der Waals surface area contributed by atoms with Crippen molar-refractivity contribution in [2.24, 2.45) is 5.73 Å². The van der Waals surface area contributed by atoms with Crippen molar-refractivity contribution >= 4 is 34.9 Å². The Morgan fingerprint density at radius 2 is 1.74 bits per heavy atom. The van der Waals surface area contributed by atoms with Crippen LogP contribution in [0.3, 0.4) is 0 Å². The van der Waals surface area contributed by atoms with Crippen LogP contribution in [0.4, 0.5) is 16.2 Å². The van der Waals surface area contributed by atoms with E-state index in [2.05, 4.69) is 10.6 Å². The highest BCUT2D eigenvalue weighted by molar-refractivity contribution is 6.31. The van der Waals surface area contributed by atoms with Crippen molar-refractivity contribution in [3.8, 4) is 0 Å². The number of primary amides is 1. The summed E-state index contributed by atoms with van der Waals surface area (Å²) in [6.07, 6.45) is 0. The van der Waals surface area contributed by atoms with Crippen LogP contribution >= 0.6 is 11.6 Å². The highest BCUT2D eigenvalue weighted by Crippen LogP contribution is 2.16. The zero-order valence-electron chi connectivity index (χ0n) is 12.2. The van der Waals surface area contributed by atoms with E-state index in [4.69, 9.17) is 22.1 Å². The summed E-state index contributed by atoms with van der Waals surface area (Å²) < 4.78 is 5.34. The summed E-state index contributed by atoms with van der Waals surface area (Å²) in [5.74, 6) is -0.312. The lowest BCUT2D eigenvalue weighted by atomic mass is 10.2. The van der Waals surface area contributed by atoms with Gasteiger partial charge >= 0.3 is 6.03 Å². The lowest BCUT2D eigenvalue weighted by Crippen LogP contribution is -2.20. The van der Waals surface area contributed by atoms with E-state index in [-0.39, 0.29) is 19.1 Å². The molecule has 23 heavy (non-hydrogen) atoms. The van der Waals surface area contributed by atoms with Crippen LogP contribution < -0.4 is 16.4 Å². The smallest absolute Gasteiger partial charge is 0.316 e. The molecule has 0 fully saturated rings. The number of nitrogens with one attached hydrogen (secondary N) is 2. The molecular weight excluding hydrogens is 318 g/mol. The molecule has 0 saturated heterocycles. The predicted octanol–water partition coefficient (Wildman–Crippen LogP) is 2.99. The molecule has 0 aromatic heterocycles. The van der Waals surface area contributed by atoms with Crippen LogP contribution in [0.2, 0.25) is 5.02 Å². The van der Waals surface area contributed by atoms with Crippen molar-refractivity contribution in [2.75, 3.05) is 17.2 Å². The maximum absolute atomic E-state index is 11.8. The Hall–Kier alpha value is -2.57. The molecule has 2 aromatic rings. The fourth-order valence-electron chi connectivity index (χ4n) is 1.88. The van der Waals surface area contributed by atoms with Crippen molar-refractivity contribution in [3.05, 3.63) is 59.1 Å². The van der Waals surface area contributed by atoms with Crippen molar-refractivity contribution in [1.82, 2.24) is 0 Å². The normalized spacial score (nSPS) is 10.1. The van der Waals surface area contributed by atoms with Gasteiger partial charge in [-0.1, -0.05) is 35.9 Å². The lowest BCUT2D eigenvalue weighted by molar-refractivity contribution is -0.121. The zero-order chi connectivity index (χ0) is 16.7. The summed E-state index contributed by atoms with van der Waals surface area (Å²) in [6, 6.07) is 13.2. The molecule has 0 aliphatic heterocycles. The summed E-state index contributed by atoms with van der Waals surface area (Å²) in [5.41, 5.74) is 6.88. The summed E-state index contributed by atoms with van der Waals surface area (Å²) in [5, 5.41) is 5.69. The predicted molar refractivity (Wildman–Crippen MR) is 89.4 cm³/mol. The highest BCUT2D eigenvalue weighted by atomic mass is 35.5. The molecule has 0 aliphatic rings. The number of anilines is 2. The van der Waals surface area contributed by atoms with Crippen LogP contribution in [0.25, 0.3) is 0 Å². The van der Waals surface area contributed by atoms with Gasteiger partial charge in [0, 0.05) is 16.4 Å². The highest BCUT2D eigenvalue weighted by Gasteiger charge is 2.05. The van der Waals surface area contributed by atoms with Gasteiger partial charge in [0.15, 0.2) is 0 Å². The van der Waals surface area contributed by atoms with Crippen molar-refractivity contribution in [3.63, 3.8) is 0 Å². The van der Waals surface area contributed by atoms with Crippen molar-refractivity contribution in [1.29, 1.82) is 0 Å². The van der Waals surface area contributed by atoms with Crippen LogP contribution in [0, 0.1) is 0 Å². The molecule has 0 bridgehead atoms. The van der Waals surface area contributed by atoms with Gasteiger partial charge in [-0.25, -0.2) is 4.79 Å². The molecule has 2 aromatic carbocycles. The molecule has 7 heteroatoms. The van der Waals surface area contributed by atoms with Gasteiger partial charge in [0.1, 0.15) is 6.61 Å². The number of rotatable bonds is 6. The Balaban J connectivity index is 1.83. The van der Waals surface area contributed by atoms with Gasteiger partial charge < -0.3 is 21.1 Å². The van der Waals surface area contributed by atoms with Gasteiger partial charge in [-0.2, -0.15) is 0 Å². The van der Waals surface area contributed by atoms with E-state index in [1.54, 1.807) is 30.3 Å². The average Bonchev–Trinajstić information content (AvgIpc) is 2.49. The van der Waals surface area contributed by atoms with E-state index in [0.717, 1.165) is 5.56 Å². The molecule has 0 spiro atoms. The molecule has 120 valence electrons. The number of carbonyl (C=O) groups is 2. The van der Waals surface area contributed by atoms with Gasteiger partial charge in [-0.05, 0) is 29.8 Å². The fourth-order valence-corrected chi connectivity index (χ4v) is 2.07. The van der Waals surface area contributed by atoms with Crippen LogP contribution in [-0.4, -0.2) is 18.5 Å². The van der Waals surface area contributed by atoms with Gasteiger partial charge in [0.25, 0.3) is 0 Å². The maximum Gasteiger partial charge on any atom is 0.316 e. The second-order valence-corrected chi connectivity index (χ2v) is 5.11. The van der Waals surface area contributed by atoms with Gasteiger partial charge in [0.2, 0.25) is 5.91 Å². The quantitative estimate of drug-likeness (QED) is 0.758. The first-order valence-corrected chi connectivity index (χ1v) is 7.20. The molecule has 0 heterocycles. The Kier molecular flexibility index (Phi) is 5.96. The largest absolute Gasteiger partial charge is 0.367 e. The van der Waals surface area contributed by atoms with Crippen molar-refractivity contribution in [2.45, 2.75) is 6.61 Å². The topological polar surface area (TPSA) is 93.5 Å². The number of ether oxygens (including phenoxy) is 1. The standard InChI is InChI=1S/C16H16ClN3O3/c17-14-7-2-1-4-11(14)9-23-10-15(21)19-12-5-3-6-13(8-12)20-16(18)22/h1-8H,9-10H2,(H,19,21)(H3,18,20,22). The number of hydrogen-bond acceptors (Lipinski definition) is 3. The number of urea groups is 1. The molecular formula is C16H16ClN3O3. The average molecular weight is 334 g/mol. The van der Waals surface area contributed by atoms with Gasteiger partial charge in [0.05, 0.1) is 6.61 Å². The molecule has 0 unspecified atom stereocenters. The summed E-state index contributed by atoms with van der Waals surface area (Å²) in [6.45, 7) is 0.134. The summed E-state index contributed by atoms with van der Waals surface area (Å²) >= 11 is 6.00. The number of benzene rings is 2. The summed E-state index contributed by atoms with van der Waals surface area (Å²) in [7, 11) is 0. The van der Waals surface area contributed by atoms with E-state index in [1.807, 2.05) is 18.2 Å². The van der Waals surface area contributed by atoms with E-state index in [9.17, 15) is 9.59 Å². The van der Waals surface area contributed by atoms with Crippen LogP contribution in [0.5, 0.6) is 0 Å². The number of hydrogen-bond donors (Lipinski definition) is 3. The first kappa shape index (κ1) is 16.8. The minimum atomic E-state index is -0.670. The number of carbonyl (C=O) groups excluding carboxylic acids is 2. The van der Waals surface area contributed by atoms with Gasteiger partial charge in [-0.15, -0.1) is 0 Å². The van der Waals surface area contributed by atoms with Crippen LogP contribution in [-0.2, 0) is 16.1 Å². The van der Waals surface area contributed by atoms with E-state index in [1.165, 1.54) is 0 Å². The minimum Gasteiger partial charge on any atom is -0.367 e. The summed E-state index contributed by atoms with van der Waals surface area (Å²) in [4.78, 5) is 22.6.